The zero-order valence-electron chi connectivity index (χ0n) is 7.25. The Kier molecular flexibility index (Phi) is 1.90. The molecular formula is C9H16O2. The van der Waals surface area contributed by atoms with E-state index in [1.807, 2.05) is 0 Å². The minimum atomic E-state index is 0.382. The van der Waals surface area contributed by atoms with E-state index in [1.54, 1.807) is 0 Å². The third-order valence-electron chi connectivity index (χ3n) is 2.48. The van der Waals surface area contributed by atoms with Crippen molar-refractivity contribution in [1.82, 2.24) is 0 Å². The number of fused-ring (bicyclic) bond motifs is 1. The molecule has 2 fully saturated rings. The average molecular weight is 156 g/mol. The third-order valence-corrected chi connectivity index (χ3v) is 2.48. The summed E-state index contributed by atoms with van der Waals surface area (Å²) < 4.78 is 10.9. The molecule has 1 aliphatic carbocycles. The molecule has 0 aromatic heterocycles. The van der Waals surface area contributed by atoms with Crippen LogP contribution in [0, 0.1) is 5.92 Å². The van der Waals surface area contributed by atoms with E-state index >= 15 is 0 Å². The number of rotatable bonds is 3. The van der Waals surface area contributed by atoms with Gasteiger partial charge >= 0.3 is 0 Å². The summed E-state index contributed by atoms with van der Waals surface area (Å²) in [6.07, 6.45) is 4.06. The fourth-order valence-electron chi connectivity index (χ4n) is 1.81. The van der Waals surface area contributed by atoms with Crippen LogP contribution in [0.3, 0.4) is 0 Å². The van der Waals surface area contributed by atoms with Crippen molar-refractivity contribution < 1.29 is 9.47 Å². The second kappa shape index (κ2) is 2.76. The minimum Gasteiger partial charge on any atom is -0.379 e. The Morgan fingerprint density at radius 2 is 2.00 bits per heavy atom. The molecule has 2 atom stereocenters. The first kappa shape index (κ1) is 7.56. The van der Waals surface area contributed by atoms with Crippen molar-refractivity contribution in [1.29, 1.82) is 0 Å². The highest BCUT2D eigenvalue weighted by molar-refractivity contribution is 4.95. The maximum Gasteiger partial charge on any atom is 0.0845 e. The Morgan fingerprint density at radius 1 is 1.36 bits per heavy atom. The first-order chi connectivity index (χ1) is 5.25. The van der Waals surface area contributed by atoms with E-state index in [2.05, 4.69) is 13.8 Å². The molecule has 2 aliphatic rings. The lowest BCUT2D eigenvalue weighted by atomic mass is 10.1. The van der Waals surface area contributed by atoms with Crippen molar-refractivity contribution in [2.75, 3.05) is 6.61 Å². The SMILES string of the molecule is CC(C)OCC1C[C@H]2O[C@@H]2C1. The monoisotopic (exact) mass is 156 g/mol. The van der Waals surface area contributed by atoms with Gasteiger partial charge in [0.15, 0.2) is 0 Å². The lowest BCUT2D eigenvalue weighted by molar-refractivity contribution is 0.0431. The summed E-state index contributed by atoms with van der Waals surface area (Å²) in [6.45, 7) is 5.12. The lowest BCUT2D eigenvalue weighted by Gasteiger charge is -2.13. The zero-order valence-corrected chi connectivity index (χ0v) is 7.25. The number of hydrogen-bond acceptors (Lipinski definition) is 2. The van der Waals surface area contributed by atoms with Gasteiger partial charge in [-0.25, -0.2) is 0 Å². The summed E-state index contributed by atoms with van der Waals surface area (Å²) in [6, 6.07) is 0. The summed E-state index contributed by atoms with van der Waals surface area (Å²) in [5.74, 6) is 0.779. The van der Waals surface area contributed by atoms with Crippen LogP contribution in [0.25, 0.3) is 0 Å². The van der Waals surface area contributed by atoms with Crippen molar-refractivity contribution in [3.8, 4) is 0 Å². The van der Waals surface area contributed by atoms with Crippen LogP contribution in [0.1, 0.15) is 26.7 Å². The molecule has 1 heterocycles. The molecular weight excluding hydrogens is 140 g/mol. The molecule has 0 spiro atoms. The highest BCUT2D eigenvalue weighted by Gasteiger charge is 2.47. The molecule has 2 heteroatoms. The molecule has 0 bridgehead atoms. The summed E-state index contributed by atoms with van der Waals surface area (Å²) in [5.41, 5.74) is 0. The Bertz CT molecular complexity index is 134. The average Bonchev–Trinajstić information content (AvgIpc) is 2.56. The second-order valence-corrected chi connectivity index (χ2v) is 3.93. The molecule has 0 unspecified atom stereocenters. The first-order valence-electron chi connectivity index (χ1n) is 4.53. The predicted octanol–water partition coefficient (Wildman–Crippen LogP) is 1.59. The molecule has 0 N–H and O–H groups in total. The van der Waals surface area contributed by atoms with Gasteiger partial charge in [-0.3, -0.25) is 0 Å². The van der Waals surface area contributed by atoms with Crippen LogP contribution >= 0.6 is 0 Å². The molecule has 11 heavy (non-hydrogen) atoms. The van der Waals surface area contributed by atoms with E-state index in [0.29, 0.717) is 18.3 Å². The van der Waals surface area contributed by atoms with Crippen LogP contribution in [0.15, 0.2) is 0 Å². The number of epoxide rings is 1. The normalized spacial score (nSPS) is 36.3. The van der Waals surface area contributed by atoms with Gasteiger partial charge < -0.3 is 9.47 Å². The van der Waals surface area contributed by atoms with Gasteiger partial charge in [-0.05, 0) is 32.6 Å². The van der Waals surface area contributed by atoms with Crippen LogP contribution in [0.5, 0.6) is 0 Å². The Morgan fingerprint density at radius 3 is 2.55 bits per heavy atom. The van der Waals surface area contributed by atoms with Crippen LogP contribution in [0.2, 0.25) is 0 Å². The van der Waals surface area contributed by atoms with Gasteiger partial charge in [0, 0.05) is 6.61 Å². The molecule has 0 aromatic carbocycles. The van der Waals surface area contributed by atoms with Crippen LogP contribution in [0.4, 0.5) is 0 Å². The van der Waals surface area contributed by atoms with Gasteiger partial charge in [0.25, 0.3) is 0 Å². The van der Waals surface area contributed by atoms with Crippen molar-refractivity contribution in [3.63, 3.8) is 0 Å². The molecule has 2 nitrogen and oxygen atoms in total. The maximum absolute atomic E-state index is 5.54. The van der Waals surface area contributed by atoms with Gasteiger partial charge in [-0.1, -0.05) is 0 Å². The van der Waals surface area contributed by atoms with Gasteiger partial charge in [-0.2, -0.15) is 0 Å². The van der Waals surface area contributed by atoms with E-state index in [1.165, 1.54) is 12.8 Å². The highest BCUT2D eigenvalue weighted by atomic mass is 16.6. The lowest BCUT2D eigenvalue weighted by Crippen LogP contribution is -2.13. The Hall–Kier alpha value is -0.0800. The highest BCUT2D eigenvalue weighted by Crippen LogP contribution is 2.42. The maximum atomic E-state index is 5.54. The molecule has 1 aliphatic heterocycles. The van der Waals surface area contributed by atoms with E-state index < -0.39 is 0 Å². The fraction of sp³-hybridized carbons (Fsp3) is 1.00. The Balaban J connectivity index is 1.64. The Labute approximate surface area is 67.9 Å². The standard InChI is InChI=1S/C9H16O2/c1-6(2)10-5-7-3-8-9(4-7)11-8/h6-9H,3-5H2,1-2H3/t8-,9-/m1/s1. The third kappa shape index (κ3) is 1.74. The minimum absolute atomic E-state index is 0.382. The summed E-state index contributed by atoms with van der Waals surface area (Å²) in [5, 5.41) is 0. The van der Waals surface area contributed by atoms with Crippen LogP contribution in [-0.2, 0) is 9.47 Å². The molecule has 0 amide bonds. The van der Waals surface area contributed by atoms with Crippen molar-refractivity contribution in [3.05, 3.63) is 0 Å². The van der Waals surface area contributed by atoms with E-state index in [0.717, 1.165) is 12.5 Å². The van der Waals surface area contributed by atoms with Gasteiger partial charge in [0.2, 0.25) is 0 Å². The van der Waals surface area contributed by atoms with Crippen molar-refractivity contribution >= 4 is 0 Å². The largest absolute Gasteiger partial charge is 0.379 e. The van der Waals surface area contributed by atoms with Crippen LogP contribution in [-0.4, -0.2) is 24.9 Å². The molecule has 0 aromatic rings. The molecule has 1 saturated carbocycles. The van der Waals surface area contributed by atoms with Crippen molar-refractivity contribution in [2.24, 2.45) is 5.92 Å². The number of hydrogen-bond donors (Lipinski definition) is 0. The van der Waals surface area contributed by atoms with E-state index in [9.17, 15) is 0 Å². The topological polar surface area (TPSA) is 21.8 Å². The molecule has 1 saturated heterocycles. The predicted molar refractivity (Wildman–Crippen MR) is 42.5 cm³/mol. The first-order valence-corrected chi connectivity index (χ1v) is 4.53. The van der Waals surface area contributed by atoms with Crippen molar-refractivity contribution in [2.45, 2.75) is 45.0 Å². The van der Waals surface area contributed by atoms with Crippen LogP contribution < -0.4 is 0 Å². The molecule has 64 valence electrons. The van der Waals surface area contributed by atoms with Gasteiger partial charge in [-0.15, -0.1) is 0 Å². The van der Waals surface area contributed by atoms with Gasteiger partial charge in [0.1, 0.15) is 0 Å². The zero-order chi connectivity index (χ0) is 7.84. The summed E-state index contributed by atoms with van der Waals surface area (Å²) in [4.78, 5) is 0. The number of ether oxygens (including phenoxy) is 2. The summed E-state index contributed by atoms with van der Waals surface area (Å²) >= 11 is 0. The fourth-order valence-corrected chi connectivity index (χ4v) is 1.81. The van der Waals surface area contributed by atoms with E-state index in [-0.39, 0.29) is 0 Å². The summed E-state index contributed by atoms with van der Waals surface area (Å²) in [7, 11) is 0. The van der Waals surface area contributed by atoms with E-state index in [4.69, 9.17) is 9.47 Å². The van der Waals surface area contributed by atoms with Gasteiger partial charge in [0.05, 0.1) is 18.3 Å². The molecule has 2 rings (SSSR count). The quantitative estimate of drug-likeness (QED) is 0.579. The second-order valence-electron chi connectivity index (χ2n) is 3.93. The molecule has 0 radical (unpaired) electrons. The smallest absolute Gasteiger partial charge is 0.0845 e.